The molecule has 1 saturated heterocycles. The van der Waals surface area contributed by atoms with E-state index in [2.05, 4.69) is 15.9 Å². The van der Waals surface area contributed by atoms with Gasteiger partial charge in [-0.15, -0.1) is 0 Å². The Morgan fingerprint density at radius 3 is 2.67 bits per heavy atom. The number of hydrogen-bond donors (Lipinski definition) is 2. The van der Waals surface area contributed by atoms with Crippen molar-refractivity contribution in [3.63, 3.8) is 0 Å². The number of benzene rings is 1. The summed E-state index contributed by atoms with van der Waals surface area (Å²) in [6, 6.07) is 5.28. The fourth-order valence-corrected chi connectivity index (χ4v) is 2.51. The highest BCUT2D eigenvalue weighted by atomic mass is 79.9. The van der Waals surface area contributed by atoms with Gasteiger partial charge in [0.1, 0.15) is 0 Å². The molecule has 0 radical (unpaired) electrons. The van der Waals surface area contributed by atoms with Gasteiger partial charge in [0.25, 0.3) is 5.91 Å². The van der Waals surface area contributed by atoms with Gasteiger partial charge in [-0.05, 0) is 47.8 Å². The molecule has 98 valence electrons. The number of piperidine rings is 1. The van der Waals surface area contributed by atoms with Crippen LogP contribution in [0.4, 0.5) is 5.69 Å². The molecular formula is C13H17BrN2O2. The lowest BCUT2D eigenvalue weighted by molar-refractivity contribution is -0.00204. The van der Waals surface area contributed by atoms with Crippen molar-refractivity contribution in [1.82, 2.24) is 4.90 Å². The molecule has 1 aliphatic rings. The van der Waals surface area contributed by atoms with Crippen LogP contribution in [0.1, 0.15) is 30.1 Å². The van der Waals surface area contributed by atoms with Crippen LogP contribution in [-0.2, 0) is 0 Å². The maximum absolute atomic E-state index is 12.3. The Kier molecular flexibility index (Phi) is 3.64. The first-order chi connectivity index (χ1) is 8.41. The number of nitrogens with two attached hydrogens (primary N) is 1. The van der Waals surface area contributed by atoms with Crippen molar-refractivity contribution in [1.29, 1.82) is 0 Å². The Balaban J connectivity index is 2.15. The van der Waals surface area contributed by atoms with Gasteiger partial charge in [-0.2, -0.15) is 0 Å². The first-order valence-corrected chi connectivity index (χ1v) is 6.76. The second kappa shape index (κ2) is 4.90. The van der Waals surface area contributed by atoms with Crippen molar-refractivity contribution in [2.45, 2.75) is 25.4 Å². The van der Waals surface area contributed by atoms with Gasteiger partial charge in [0.2, 0.25) is 0 Å². The molecular weight excluding hydrogens is 296 g/mol. The zero-order valence-corrected chi connectivity index (χ0v) is 11.9. The van der Waals surface area contributed by atoms with E-state index < -0.39 is 5.60 Å². The van der Waals surface area contributed by atoms with Crippen molar-refractivity contribution in [3.05, 3.63) is 28.2 Å². The van der Waals surface area contributed by atoms with Crippen molar-refractivity contribution in [3.8, 4) is 0 Å². The minimum atomic E-state index is -0.649. The predicted octanol–water partition coefficient (Wildman–Crippen LogP) is 2.02. The van der Waals surface area contributed by atoms with Crippen LogP contribution in [0.3, 0.4) is 0 Å². The molecule has 5 heteroatoms. The van der Waals surface area contributed by atoms with Gasteiger partial charge in [-0.25, -0.2) is 0 Å². The molecule has 0 unspecified atom stereocenters. The van der Waals surface area contributed by atoms with Crippen LogP contribution < -0.4 is 5.73 Å². The lowest BCUT2D eigenvalue weighted by Gasteiger charge is -2.36. The summed E-state index contributed by atoms with van der Waals surface area (Å²) in [5, 5.41) is 9.88. The molecule has 0 aliphatic carbocycles. The van der Waals surface area contributed by atoms with Gasteiger partial charge < -0.3 is 15.7 Å². The van der Waals surface area contributed by atoms with E-state index in [-0.39, 0.29) is 5.91 Å². The minimum absolute atomic E-state index is 0.0373. The number of carbonyl (C=O) groups excluding carboxylic acids is 1. The smallest absolute Gasteiger partial charge is 0.255 e. The summed E-state index contributed by atoms with van der Waals surface area (Å²) in [6.45, 7) is 2.96. The normalized spacial score (nSPS) is 18.7. The van der Waals surface area contributed by atoms with E-state index in [4.69, 9.17) is 5.73 Å². The maximum Gasteiger partial charge on any atom is 0.255 e. The highest BCUT2D eigenvalue weighted by molar-refractivity contribution is 9.10. The Hall–Kier alpha value is -1.07. The summed E-state index contributed by atoms with van der Waals surface area (Å²) in [5.74, 6) is -0.0373. The van der Waals surface area contributed by atoms with Crippen molar-refractivity contribution in [2.75, 3.05) is 18.8 Å². The van der Waals surface area contributed by atoms with E-state index in [9.17, 15) is 9.90 Å². The summed E-state index contributed by atoms with van der Waals surface area (Å²) in [4.78, 5) is 14.1. The second-order valence-corrected chi connectivity index (χ2v) is 5.79. The van der Waals surface area contributed by atoms with Gasteiger partial charge >= 0.3 is 0 Å². The van der Waals surface area contributed by atoms with Gasteiger partial charge in [-0.3, -0.25) is 4.79 Å². The molecule has 0 spiro atoms. The zero-order chi connectivity index (χ0) is 13.3. The number of amides is 1. The first-order valence-electron chi connectivity index (χ1n) is 5.96. The molecule has 2 rings (SSSR count). The summed E-state index contributed by atoms with van der Waals surface area (Å²) < 4.78 is 0.646. The number of carbonyl (C=O) groups is 1. The summed E-state index contributed by atoms with van der Waals surface area (Å²) in [5.41, 5.74) is 6.26. The number of halogens is 1. The number of nitrogen functional groups attached to an aromatic ring is 1. The average molecular weight is 313 g/mol. The van der Waals surface area contributed by atoms with Crippen molar-refractivity contribution >= 4 is 27.5 Å². The Morgan fingerprint density at radius 1 is 1.44 bits per heavy atom. The van der Waals surface area contributed by atoms with Crippen molar-refractivity contribution < 1.29 is 9.90 Å². The van der Waals surface area contributed by atoms with Gasteiger partial charge in [-0.1, -0.05) is 6.07 Å². The SMILES string of the molecule is CC1(O)CCN(C(=O)c2cccc(N)c2Br)CC1. The van der Waals surface area contributed by atoms with Crippen LogP contribution in [0.5, 0.6) is 0 Å². The highest BCUT2D eigenvalue weighted by Gasteiger charge is 2.30. The highest BCUT2D eigenvalue weighted by Crippen LogP contribution is 2.27. The van der Waals surface area contributed by atoms with Crippen LogP contribution >= 0.6 is 15.9 Å². The quantitative estimate of drug-likeness (QED) is 0.780. The van der Waals surface area contributed by atoms with Crippen LogP contribution in [0.2, 0.25) is 0 Å². The van der Waals surface area contributed by atoms with Gasteiger partial charge in [0.05, 0.1) is 15.6 Å². The standard InChI is InChI=1S/C13H17BrN2O2/c1-13(18)5-7-16(8-6-13)12(17)9-3-2-4-10(15)11(9)14/h2-4,18H,5-8,15H2,1H3. The fourth-order valence-electron chi connectivity index (χ4n) is 2.08. The van der Waals surface area contributed by atoms with Crippen LogP contribution in [0, 0.1) is 0 Å². The molecule has 1 fully saturated rings. The Bertz CT molecular complexity index is 464. The lowest BCUT2D eigenvalue weighted by Crippen LogP contribution is -2.45. The van der Waals surface area contributed by atoms with Crippen molar-refractivity contribution in [2.24, 2.45) is 0 Å². The number of anilines is 1. The number of likely N-dealkylation sites (tertiary alicyclic amines) is 1. The number of aliphatic hydroxyl groups is 1. The molecule has 0 bridgehead atoms. The zero-order valence-electron chi connectivity index (χ0n) is 10.3. The third kappa shape index (κ3) is 2.67. The molecule has 1 amide bonds. The molecule has 4 nitrogen and oxygen atoms in total. The van der Waals surface area contributed by atoms with Crippen LogP contribution in [0.25, 0.3) is 0 Å². The van der Waals surface area contributed by atoms with Crippen LogP contribution in [-0.4, -0.2) is 34.6 Å². The molecule has 18 heavy (non-hydrogen) atoms. The van der Waals surface area contributed by atoms with E-state index >= 15 is 0 Å². The first kappa shape index (κ1) is 13.4. The molecule has 3 N–H and O–H groups in total. The number of rotatable bonds is 1. The van der Waals surface area contributed by atoms with Crippen LogP contribution in [0.15, 0.2) is 22.7 Å². The Morgan fingerprint density at radius 2 is 2.06 bits per heavy atom. The monoisotopic (exact) mass is 312 g/mol. The van der Waals surface area contributed by atoms with Gasteiger partial charge in [0, 0.05) is 18.8 Å². The second-order valence-electron chi connectivity index (χ2n) is 5.00. The predicted molar refractivity (Wildman–Crippen MR) is 74.3 cm³/mol. The molecule has 1 aromatic rings. The maximum atomic E-state index is 12.3. The fraction of sp³-hybridized carbons (Fsp3) is 0.462. The summed E-state index contributed by atoms with van der Waals surface area (Å²) in [7, 11) is 0. The number of hydrogen-bond acceptors (Lipinski definition) is 3. The molecule has 0 atom stereocenters. The molecule has 1 aliphatic heterocycles. The van der Waals surface area contributed by atoms with E-state index in [1.807, 2.05) is 6.92 Å². The number of nitrogens with zero attached hydrogens (tertiary/aromatic N) is 1. The third-order valence-electron chi connectivity index (χ3n) is 3.39. The molecule has 0 saturated carbocycles. The topological polar surface area (TPSA) is 66.6 Å². The van der Waals surface area contributed by atoms with E-state index in [0.29, 0.717) is 41.7 Å². The largest absolute Gasteiger partial charge is 0.398 e. The third-order valence-corrected chi connectivity index (χ3v) is 4.27. The minimum Gasteiger partial charge on any atom is -0.398 e. The molecule has 1 heterocycles. The summed E-state index contributed by atoms with van der Waals surface area (Å²) in [6.07, 6.45) is 1.22. The summed E-state index contributed by atoms with van der Waals surface area (Å²) >= 11 is 3.35. The van der Waals surface area contributed by atoms with E-state index in [0.717, 1.165) is 0 Å². The van der Waals surface area contributed by atoms with E-state index in [1.54, 1.807) is 23.1 Å². The average Bonchev–Trinajstić information content (AvgIpc) is 2.32. The van der Waals surface area contributed by atoms with E-state index in [1.165, 1.54) is 0 Å². The van der Waals surface area contributed by atoms with Gasteiger partial charge in [0.15, 0.2) is 0 Å². The molecule has 0 aromatic heterocycles. The molecule has 1 aromatic carbocycles. The lowest BCUT2D eigenvalue weighted by atomic mass is 9.93. The Labute approximate surface area is 115 Å².